The predicted octanol–water partition coefficient (Wildman–Crippen LogP) is 2.49. The van der Waals surface area contributed by atoms with E-state index in [4.69, 9.17) is 0 Å². The molecule has 3 rings (SSSR count). The van der Waals surface area contributed by atoms with Crippen LogP contribution in [0.1, 0.15) is 40.2 Å². The first-order valence-corrected chi connectivity index (χ1v) is 8.06. The molecule has 1 aliphatic heterocycles. The third-order valence-electron chi connectivity index (χ3n) is 4.36. The normalized spacial score (nSPS) is 17.3. The number of hydrogen-bond acceptors (Lipinski definition) is 3. The molecule has 0 radical (unpaired) electrons. The van der Waals surface area contributed by atoms with Gasteiger partial charge in [-0.1, -0.05) is 6.07 Å². The van der Waals surface area contributed by atoms with E-state index in [1.807, 2.05) is 32.9 Å². The molecule has 2 aromatic rings. The molecule has 6 heteroatoms. The van der Waals surface area contributed by atoms with Crippen molar-refractivity contribution in [1.29, 1.82) is 0 Å². The highest BCUT2D eigenvalue weighted by Crippen LogP contribution is 2.22. The average molecular weight is 327 g/mol. The van der Waals surface area contributed by atoms with Crippen LogP contribution in [0.5, 0.6) is 0 Å². The molecule has 6 nitrogen and oxygen atoms in total. The van der Waals surface area contributed by atoms with Crippen molar-refractivity contribution in [3.63, 3.8) is 0 Å². The number of aromatic nitrogens is 2. The van der Waals surface area contributed by atoms with Gasteiger partial charge in [-0.25, -0.2) is 9.48 Å². The van der Waals surface area contributed by atoms with Gasteiger partial charge < -0.3 is 10.0 Å². The van der Waals surface area contributed by atoms with Crippen LogP contribution >= 0.6 is 0 Å². The minimum Gasteiger partial charge on any atom is -0.480 e. The van der Waals surface area contributed by atoms with Gasteiger partial charge in [0.05, 0.1) is 5.69 Å². The fraction of sp³-hybridized carbons (Fsp3) is 0.389. The van der Waals surface area contributed by atoms with E-state index in [2.05, 4.69) is 11.2 Å². The van der Waals surface area contributed by atoms with E-state index in [9.17, 15) is 14.7 Å². The molecule has 1 N–H and O–H groups in total. The summed E-state index contributed by atoms with van der Waals surface area (Å²) in [5, 5.41) is 13.7. The van der Waals surface area contributed by atoms with Crippen molar-refractivity contribution < 1.29 is 14.7 Å². The van der Waals surface area contributed by atoms with Gasteiger partial charge >= 0.3 is 5.97 Å². The van der Waals surface area contributed by atoms with E-state index in [1.54, 1.807) is 10.7 Å². The number of likely N-dealkylation sites (tertiary alicyclic amines) is 1. The minimum atomic E-state index is -0.952. The third kappa shape index (κ3) is 2.91. The van der Waals surface area contributed by atoms with Crippen LogP contribution in [0.3, 0.4) is 0 Å². The highest BCUT2D eigenvalue weighted by atomic mass is 16.4. The van der Waals surface area contributed by atoms with Gasteiger partial charge in [0.25, 0.3) is 5.91 Å². The number of rotatable bonds is 3. The van der Waals surface area contributed by atoms with Gasteiger partial charge in [-0.2, -0.15) is 5.10 Å². The number of carboxylic acids is 1. The molecule has 0 aliphatic carbocycles. The van der Waals surface area contributed by atoms with E-state index < -0.39 is 12.0 Å². The number of aliphatic carboxylic acids is 1. The van der Waals surface area contributed by atoms with Crippen molar-refractivity contribution in [2.24, 2.45) is 0 Å². The second-order valence-corrected chi connectivity index (χ2v) is 6.42. The predicted molar refractivity (Wildman–Crippen MR) is 89.5 cm³/mol. The Labute approximate surface area is 140 Å². The minimum absolute atomic E-state index is 0.291. The summed E-state index contributed by atoms with van der Waals surface area (Å²) in [5.74, 6) is -1.27. The molecule has 0 unspecified atom stereocenters. The van der Waals surface area contributed by atoms with Gasteiger partial charge in [-0.15, -0.1) is 0 Å². The largest absolute Gasteiger partial charge is 0.480 e. The van der Waals surface area contributed by atoms with E-state index in [-0.39, 0.29) is 5.91 Å². The van der Waals surface area contributed by atoms with Crippen molar-refractivity contribution >= 4 is 11.9 Å². The van der Waals surface area contributed by atoms with Crippen LogP contribution in [-0.4, -0.2) is 44.3 Å². The maximum Gasteiger partial charge on any atom is 0.326 e. The Hall–Kier alpha value is -2.63. The zero-order valence-corrected chi connectivity index (χ0v) is 14.1. The highest BCUT2D eigenvalue weighted by Gasteiger charge is 2.35. The molecule has 1 aromatic heterocycles. The molecule has 0 spiro atoms. The van der Waals surface area contributed by atoms with Crippen molar-refractivity contribution in [1.82, 2.24) is 14.7 Å². The lowest BCUT2D eigenvalue weighted by molar-refractivity contribution is -0.141. The van der Waals surface area contributed by atoms with Crippen LogP contribution < -0.4 is 0 Å². The van der Waals surface area contributed by atoms with Gasteiger partial charge in [0, 0.05) is 12.2 Å². The van der Waals surface area contributed by atoms with Crippen LogP contribution in [0.15, 0.2) is 24.3 Å². The molecule has 0 saturated carbocycles. The molecule has 0 bridgehead atoms. The van der Waals surface area contributed by atoms with E-state index in [0.717, 1.165) is 22.5 Å². The zero-order chi connectivity index (χ0) is 17.4. The summed E-state index contributed by atoms with van der Waals surface area (Å²) in [5.41, 5.74) is 4.28. The number of nitrogens with zero attached hydrogens (tertiary/aromatic N) is 3. The Bertz CT molecular complexity index is 790. The first-order valence-electron chi connectivity index (χ1n) is 8.06. The highest BCUT2D eigenvalue weighted by molar-refractivity contribution is 5.95. The Morgan fingerprint density at radius 1 is 1.12 bits per heavy atom. The fourth-order valence-electron chi connectivity index (χ4n) is 3.33. The zero-order valence-electron chi connectivity index (χ0n) is 14.1. The average Bonchev–Trinajstić information content (AvgIpc) is 3.12. The first kappa shape index (κ1) is 16.2. The Balaban J connectivity index is 1.94. The molecular weight excluding hydrogens is 306 g/mol. The first-order chi connectivity index (χ1) is 11.4. The summed E-state index contributed by atoms with van der Waals surface area (Å²) < 4.78 is 1.74. The molecule has 1 aliphatic rings. The number of carbonyl (C=O) groups is 2. The van der Waals surface area contributed by atoms with Gasteiger partial charge in [-0.05, 0) is 62.9 Å². The monoisotopic (exact) mass is 327 g/mol. The smallest absolute Gasteiger partial charge is 0.326 e. The molecule has 126 valence electrons. The molecule has 1 fully saturated rings. The van der Waals surface area contributed by atoms with Crippen molar-refractivity contribution in [3.8, 4) is 5.69 Å². The van der Waals surface area contributed by atoms with E-state index >= 15 is 0 Å². The number of carboxylic acid groups (broad SMARTS) is 1. The second-order valence-electron chi connectivity index (χ2n) is 6.42. The van der Waals surface area contributed by atoms with Gasteiger partial charge in [0.15, 0.2) is 5.69 Å². The molecular formula is C18H21N3O3. The van der Waals surface area contributed by atoms with E-state index in [1.165, 1.54) is 4.90 Å². The third-order valence-corrected chi connectivity index (χ3v) is 4.36. The van der Waals surface area contributed by atoms with Gasteiger partial charge in [0.2, 0.25) is 0 Å². The number of benzene rings is 1. The Kier molecular flexibility index (Phi) is 4.13. The Morgan fingerprint density at radius 3 is 2.42 bits per heavy atom. The summed E-state index contributed by atoms with van der Waals surface area (Å²) in [7, 11) is 0. The molecule has 2 heterocycles. The fourth-order valence-corrected chi connectivity index (χ4v) is 3.33. The molecule has 1 saturated heterocycles. The van der Waals surface area contributed by atoms with Crippen LogP contribution in [0.2, 0.25) is 0 Å². The second kappa shape index (κ2) is 6.11. The van der Waals surface area contributed by atoms with Crippen molar-refractivity contribution in [3.05, 3.63) is 46.8 Å². The van der Waals surface area contributed by atoms with Crippen LogP contribution in [0.4, 0.5) is 0 Å². The molecule has 24 heavy (non-hydrogen) atoms. The lowest BCUT2D eigenvalue weighted by Gasteiger charge is -2.20. The Morgan fingerprint density at radius 2 is 1.79 bits per heavy atom. The maximum absolute atomic E-state index is 12.7. The summed E-state index contributed by atoms with van der Waals surface area (Å²) in [6, 6.07) is 7.07. The topological polar surface area (TPSA) is 75.4 Å². The summed E-state index contributed by atoms with van der Waals surface area (Å²) in [4.78, 5) is 25.4. The maximum atomic E-state index is 12.7. The van der Waals surface area contributed by atoms with Crippen LogP contribution in [-0.2, 0) is 4.79 Å². The quantitative estimate of drug-likeness (QED) is 0.940. The number of amides is 1. The summed E-state index contributed by atoms with van der Waals surface area (Å²) >= 11 is 0. The molecule has 1 atom stereocenters. The van der Waals surface area contributed by atoms with Gasteiger partial charge in [0.1, 0.15) is 6.04 Å². The molecule has 1 amide bonds. The van der Waals surface area contributed by atoms with Gasteiger partial charge in [-0.3, -0.25) is 4.79 Å². The number of aryl methyl sites for hydroxylation is 3. The molecule has 1 aromatic carbocycles. The summed E-state index contributed by atoms with van der Waals surface area (Å²) in [6.07, 6.45) is 1.21. The number of carbonyl (C=O) groups excluding carboxylic acids is 1. The lowest BCUT2D eigenvalue weighted by Crippen LogP contribution is -2.40. The van der Waals surface area contributed by atoms with Crippen molar-refractivity contribution in [2.45, 2.75) is 39.7 Å². The van der Waals surface area contributed by atoms with E-state index in [0.29, 0.717) is 25.1 Å². The summed E-state index contributed by atoms with van der Waals surface area (Å²) in [6.45, 7) is 6.39. The van der Waals surface area contributed by atoms with Crippen molar-refractivity contribution in [2.75, 3.05) is 6.54 Å². The van der Waals surface area contributed by atoms with Crippen LogP contribution in [0.25, 0.3) is 5.69 Å². The SMILES string of the molecule is Cc1cc(C)cc(-n2nc(C(=O)N3CCC[C@@H]3C(=O)O)cc2C)c1. The standard InChI is InChI=1S/C18H21N3O3/c1-11-7-12(2)9-14(8-11)21-13(3)10-15(19-21)17(22)20-6-4-5-16(20)18(23)24/h7-10,16H,4-6H2,1-3H3,(H,23,24)/t16-/m1/s1. The van der Waals surface area contributed by atoms with Crippen LogP contribution in [0, 0.1) is 20.8 Å². The lowest BCUT2D eigenvalue weighted by atomic mass is 10.1. The number of hydrogen-bond donors (Lipinski definition) is 1.